The van der Waals surface area contributed by atoms with Crippen molar-refractivity contribution in [2.45, 2.75) is 10.1 Å². The van der Waals surface area contributed by atoms with Crippen LogP contribution in [0.5, 0.6) is 0 Å². The average molecular weight is 497 g/mol. The van der Waals surface area contributed by atoms with Crippen LogP contribution in [-0.2, 0) is 9.84 Å². The average Bonchev–Trinajstić information content (AvgIpc) is 3.38. The molecule has 1 atom stereocenters. The van der Waals surface area contributed by atoms with Crippen molar-refractivity contribution in [1.82, 2.24) is 4.98 Å². The van der Waals surface area contributed by atoms with Crippen LogP contribution in [0.2, 0.25) is 0 Å². The highest BCUT2D eigenvalue weighted by Gasteiger charge is 2.31. The van der Waals surface area contributed by atoms with Gasteiger partial charge in [0, 0.05) is 40.8 Å². The van der Waals surface area contributed by atoms with Gasteiger partial charge in [-0.25, -0.2) is 8.42 Å². The van der Waals surface area contributed by atoms with Gasteiger partial charge in [-0.15, -0.1) is 0 Å². The third kappa shape index (κ3) is 3.93. The lowest BCUT2D eigenvalue weighted by Crippen LogP contribution is -2.22. The summed E-state index contributed by atoms with van der Waals surface area (Å²) >= 11 is 0. The van der Waals surface area contributed by atoms with Crippen LogP contribution in [0.25, 0.3) is 21.7 Å². The number of nitriles is 1. The maximum Gasteiger partial charge on any atom is 0.278 e. The number of sulfone groups is 1. The van der Waals surface area contributed by atoms with Gasteiger partial charge in [-0.05, 0) is 42.0 Å². The Bertz CT molecular complexity index is 1760. The number of nitro groups is 1. The Balaban J connectivity index is 1.63. The summed E-state index contributed by atoms with van der Waals surface area (Å²) in [6, 6.07) is 25.3. The maximum atomic E-state index is 13.8. The molecule has 5 rings (SSSR count). The zero-order valence-electron chi connectivity index (χ0n) is 18.9. The third-order valence-electron chi connectivity index (χ3n) is 6.24. The van der Waals surface area contributed by atoms with Crippen molar-refractivity contribution in [1.29, 1.82) is 5.26 Å². The molecule has 8 nitrogen and oxygen atoms in total. The monoisotopic (exact) mass is 496 g/mol. The molecular formula is C27H20N4O4S. The molecular weight excluding hydrogens is 476 g/mol. The van der Waals surface area contributed by atoms with Crippen LogP contribution in [-0.4, -0.2) is 24.9 Å². The Labute approximate surface area is 206 Å². The van der Waals surface area contributed by atoms with Gasteiger partial charge in [0.15, 0.2) is 9.84 Å². The molecule has 0 aliphatic heterocycles. The van der Waals surface area contributed by atoms with Crippen molar-refractivity contribution in [2.75, 3.05) is 11.9 Å². The van der Waals surface area contributed by atoms with Gasteiger partial charge in [0.25, 0.3) is 5.69 Å². The van der Waals surface area contributed by atoms with E-state index in [0.717, 1.165) is 10.9 Å². The van der Waals surface area contributed by atoms with Crippen molar-refractivity contribution in [3.63, 3.8) is 0 Å². The zero-order chi connectivity index (χ0) is 25.3. The van der Waals surface area contributed by atoms with Crippen LogP contribution in [0.15, 0.2) is 96.0 Å². The number of hydrogen-bond donors (Lipinski definition) is 2. The molecule has 0 amide bonds. The molecule has 9 heteroatoms. The summed E-state index contributed by atoms with van der Waals surface area (Å²) < 4.78 is 27.7. The number of nitrogens with one attached hydrogen (secondary N) is 2. The lowest BCUT2D eigenvalue weighted by atomic mass is 10.0. The number of nitrogens with zero attached hydrogens (tertiary/aromatic N) is 2. The van der Waals surface area contributed by atoms with E-state index in [9.17, 15) is 23.8 Å². The van der Waals surface area contributed by atoms with Crippen LogP contribution in [0.1, 0.15) is 16.4 Å². The maximum absolute atomic E-state index is 13.8. The van der Waals surface area contributed by atoms with Crippen LogP contribution < -0.4 is 5.32 Å². The van der Waals surface area contributed by atoms with E-state index >= 15 is 0 Å². The minimum atomic E-state index is -3.82. The number of H-pyrrole nitrogens is 1. The van der Waals surface area contributed by atoms with Gasteiger partial charge in [-0.2, -0.15) is 5.26 Å². The molecule has 1 heterocycles. The van der Waals surface area contributed by atoms with Crippen molar-refractivity contribution >= 4 is 42.9 Å². The van der Waals surface area contributed by atoms with Crippen LogP contribution in [0, 0.1) is 21.4 Å². The molecule has 0 fully saturated rings. The number of aromatic nitrogens is 1. The van der Waals surface area contributed by atoms with Gasteiger partial charge < -0.3 is 10.3 Å². The summed E-state index contributed by atoms with van der Waals surface area (Å²) in [5.41, 5.74) is 1.95. The Morgan fingerprint density at radius 1 is 0.944 bits per heavy atom. The summed E-state index contributed by atoms with van der Waals surface area (Å²) in [6.45, 7) is 0.00517. The molecule has 0 bridgehead atoms. The largest absolute Gasteiger partial charge is 0.383 e. The second-order valence-electron chi connectivity index (χ2n) is 8.24. The van der Waals surface area contributed by atoms with E-state index in [2.05, 4.69) is 10.3 Å². The molecule has 0 saturated carbocycles. The number of benzene rings is 4. The highest BCUT2D eigenvalue weighted by molar-refractivity contribution is 7.91. The Morgan fingerprint density at radius 3 is 2.47 bits per heavy atom. The highest BCUT2D eigenvalue weighted by atomic mass is 32.2. The SMILES string of the molecule is N#Cc1cccc2c(NCC(c3cccc4[nH]ccc34)S(=O)(=O)c3ccccc3)ccc([N+](=O)[O-])c12. The lowest BCUT2D eigenvalue weighted by molar-refractivity contribution is -0.383. The number of aromatic amines is 1. The van der Waals surface area contributed by atoms with Gasteiger partial charge >= 0.3 is 0 Å². The van der Waals surface area contributed by atoms with Gasteiger partial charge in [0.1, 0.15) is 11.3 Å². The predicted octanol–water partition coefficient (Wildman–Crippen LogP) is 5.73. The molecule has 5 aromatic rings. The summed E-state index contributed by atoms with van der Waals surface area (Å²) in [5, 5.41) is 24.9. The van der Waals surface area contributed by atoms with E-state index < -0.39 is 20.0 Å². The number of hydrogen-bond acceptors (Lipinski definition) is 6. The molecule has 178 valence electrons. The Morgan fingerprint density at radius 2 is 1.72 bits per heavy atom. The molecule has 4 aromatic carbocycles. The smallest absolute Gasteiger partial charge is 0.278 e. The number of rotatable bonds is 7. The normalized spacial score (nSPS) is 12.3. The molecule has 1 unspecified atom stereocenters. The van der Waals surface area contributed by atoms with Crippen molar-refractivity contribution in [3.8, 4) is 6.07 Å². The molecule has 2 N–H and O–H groups in total. The molecule has 0 aliphatic carbocycles. The zero-order valence-corrected chi connectivity index (χ0v) is 19.7. The van der Waals surface area contributed by atoms with E-state index in [1.165, 1.54) is 12.1 Å². The lowest BCUT2D eigenvalue weighted by Gasteiger charge is -2.21. The van der Waals surface area contributed by atoms with Gasteiger partial charge in [-0.3, -0.25) is 10.1 Å². The first kappa shape index (κ1) is 23.1. The molecule has 1 aromatic heterocycles. The van der Waals surface area contributed by atoms with Crippen molar-refractivity contribution in [2.24, 2.45) is 0 Å². The second kappa shape index (κ2) is 9.17. The first-order chi connectivity index (χ1) is 17.4. The first-order valence-corrected chi connectivity index (χ1v) is 12.7. The number of fused-ring (bicyclic) bond motifs is 2. The van der Waals surface area contributed by atoms with Crippen molar-refractivity contribution < 1.29 is 13.3 Å². The molecule has 0 radical (unpaired) electrons. The number of nitro benzene ring substituents is 1. The molecule has 36 heavy (non-hydrogen) atoms. The summed E-state index contributed by atoms with van der Waals surface area (Å²) in [4.78, 5) is 14.4. The summed E-state index contributed by atoms with van der Waals surface area (Å²) in [5.74, 6) is 0. The summed E-state index contributed by atoms with van der Waals surface area (Å²) in [7, 11) is -3.82. The molecule has 0 saturated heterocycles. The number of non-ortho nitro benzene ring substituents is 1. The standard InChI is InChI=1S/C27H20N4O4S/c28-16-18-6-4-10-22-24(12-13-25(27(18)22)31(32)33)30-17-26(36(34,35)19-7-2-1-3-8-19)21-9-5-11-23-20(21)14-15-29-23/h1-15,26,29-30H,17H2. The van der Waals surface area contributed by atoms with E-state index in [-0.39, 0.29) is 28.1 Å². The van der Waals surface area contributed by atoms with Gasteiger partial charge in [0.2, 0.25) is 0 Å². The quantitative estimate of drug-likeness (QED) is 0.219. The number of anilines is 1. The fourth-order valence-corrected chi connectivity index (χ4v) is 6.25. The third-order valence-corrected chi connectivity index (χ3v) is 8.33. The van der Waals surface area contributed by atoms with E-state index in [4.69, 9.17) is 0 Å². The van der Waals surface area contributed by atoms with Crippen LogP contribution >= 0.6 is 0 Å². The second-order valence-corrected chi connectivity index (χ2v) is 10.4. The fraction of sp³-hybridized carbons (Fsp3) is 0.0741. The topological polar surface area (TPSA) is 129 Å². The van der Waals surface area contributed by atoms with E-state index in [1.54, 1.807) is 60.8 Å². The van der Waals surface area contributed by atoms with E-state index in [1.807, 2.05) is 24.3 Å². The first-order valence-electron chi connectivity index (χ1n) is 11.1. The van der Waals surface area contributed by atoms with Crippen molar-refractivity contribution in [3.05, 3.63) is 112 Å². The van der Waals surface area contributed by atoms with Gasteiger partial charge in [-0.1, -0.05) is 42.5 Å². The molecule has 0 aliphatic rings. The van der Waals surface area contributed by atoms with Crippen LogP contribution in [0.3, 0.4) is 0 Å². The van der Waals surface area contributed by atoms with Crippen LogP contribution in [0.4, 0.5) is 11.4 Å². The molecule has 0 spiro atoms. The fourth-order valence-electron chi connectivity index (χ4n) is 4.54. The van der Waals surface area contributed by atoms with Gasteiger partial charge in [0.05, 0.1) is 20.8 Å². The Hall–Kier alpha value is -4.68. The highest BCUT2D eigenvalue weighted by Crippen LogP contribution is 2.37. The predicted molar refractivity (Wildman–Crippen MR) is 138 cm³/mol. The minimum absolute atomic E-state index is 0.00517. The Kier molecular flexibility index (Phi) is 5.88. The minimum Gasteiger partial charge on any atom is -0.383 e. The van der Waals surface area contributed by atoms with E-state index in [0.29, 0.717) is 16.6 Å². The summed E-state index contributed by atoms with van der Waals surface area (Å²) in [6.07, 6.45) is 1.76.